The van der Waals surface area contributed by atoms with Gasteiger partial charge in [-0.25, -0.2) is 4.39 Å². The van der Waals surface area contributed by atoms with E-state index in [1.165, 1.54) is 30.4 Å². The van der Waals surface area contributed by atoms with Gasteiger partial charge >= 0.3 is 0 Å². The number of rotatable bonds is 4. The van der Waals surface area contributed by atoms with Crippen molar-refractivity contribution in [2.24, 2.45) is 0 Å². The second-order valence-electron chi connectivity index (χ2n) is 9.43. The molecular weight excluding hydrogens is 389 g/mol. The Hall–Kier alpha value is -2.24. The normalized spacial score (nSPS) is 20.4. The van der Waals surface area contributed by atoms with E-state index in [0.29, 0.717) is 12.1 Å². The zero-order valence-electron chi connectivity index (χ0n) is 18.4. The van der Waals surface area contributed by atoms with Crippen molar-refractivity contribution in [1.29, 1.82) is 0 Å². The van der Waals surface area contributed by atoms with Gasteiger partial charge in [-0.2, -0.15) is 0 Å². The third-order valence-corrected chi connectivity index (χ3v) is 7.35. The second-order valence-corrected chi connectivity index (χ2v) is 9.43. The summed E-state index contributed by atoms with van der Waals surface area (Å²) >= 11 is 0. The van der Waals surface area contributed by atoms with E-state index < -0.39 is 0 Å². The first-order valence-electron chi connectivity index (χ1n) is 11.7. The lowest BCUT2D eigenvalue weighted by molar-refractivity contribution is -0.135. The fourth-order valence-corrected chi connectivity index (χ4v) is 5.15. The molecule has 2 heterocycles. The van der Waals surface area contributed by atoms with Crippen LogP contribution < -0.4 is 0 Å². The highest BCUT2D eigenvalue weighted by Gasteiger charge is 2.30. The minimum absolute atomic E-state index is 0.175. The quantitative estimate of drug-likeness (QED) is 0.750. The van der Waals surface area contributed by atoms with Crippen LogP contribution in [0.3, 0.4) is 0 Å². The number of halogens is 1. The number of nitrogens with zero attached hydrogens (tertiary/aromatic N) is 3. The largest absolute Gasteiger partial charge is 0.339 e. The average Bonchev–Trinajstić information content (AvgIpc) is 2.74. The molecule has 0 aromatic heterocycles. The van der Waals surface area contributed by atoms with Gasteiger partial charge in [-0.3, -0.25) is 14.6 Å². The Bertz CT molecular complexity index is 963. The van der Waals surface area contributed by atoms with Crippen LogP contribution in [0.5, 0.6) is 0 Å². The number of amides is 1. The summed E-state index contributed by atoms with van der Waals surface area (Å²) in [6.45, 7) is 7.94. The number of hydrogen-bond donors (Lipinski definition) is 0. The van der Waals surface area contributed by atoms with Gasteiger partial charge in [0.15, 0.2) is 0 Å². The standard InChI is InChI=1S/C26H32FN3O/c1-19-5-8-25(27)24(15-19)21-6-7-22-17-28(10-9-20(22)16-21)18-26(31)30-13-11-29(12-14-30)23-3-2-4-23/h5-8,15-16,23H,2-4,9-14,17-18H2,1H3. The van der Waals surface area contributed by atoms with Gasteiger partial charge in [0.05, 0.1) is 6.54 Å². The zero-order chi connectivity index (χ0) is 21.4. The number of carbonyl (C=O) groups excluding carboxylic acids is 1. The van der Waals surface area contributed by atoms with Crippen molar-refractivity contribution in [2.75, 3.05) is 39.3 Å². The molecule has 2 fully saturated rings. The molecule has 4 nitrogen and oxygen atoms in total. The Morgan fingerprint density at radius 2 is 1.81 bits per heavy atom. The van der Waals surface area contributed by atoms with Crippen molar-refractivity contribution in [1.82, 2.24) is 14.7 Å². The van der Waals surface area contributed by atoms with Crippen molar-refractivity contribution in [3.63, 3.8) is 0 Å². The number of hydrogen-bond acceptors (Lipinski definition) is 3. The van der Waals surface area contributed by atoms with E-state index in [0.717, 1.165) is 62.9 Å². The molecule has 1 saturated heterocycles. The highest BCUT2D eigenvalue weighted by atomic mass is 19.1. The highest BCUT2D eigenvalue weighted by Crippen LogP contribution is 2.29. The Kier molecular flexibility index (Phi) is 5.81. The van der Waals surface area contributed by atoms with Crippen molar-refractivity contribution in [3.05, 3.63) is 58.9 Å². The van der Waals surface area contributed by atoms with Crippen molar-refractivity contribution in [2.45, 2.75) is 45.2 Å². The van der Waals surface area contributed by atoms with E-state index in [9.17, 15) is 9.18 Å². The van der Waals surface area contributed by atoms with Gasteiger partial charge in [0.2, 0.25) is 5.91 Å². The van der Waals surface area contributed by atoms with Crippen LogP contribution in [-0.4, -0.2) is 65.9 Å². The van der Waals surface area contributed by atoms with Crippen LogP contribution in [-0.2, 0) is 17.8 Å². The molecule has 0 unspecified atom stereocenters. The first-order valence-corrected chi connectivity index (χ1v) is 11.7. The Balaban J connectivity index is 1.19. The minimum Gasteiger partial charge on any atom is -0.339 e. The fraction of sp³-hybridized carbons (Fsp3) is 0.500. The van der Waals surface area contributed by atoms with Gasteiger partial charge in [-0.1, -0.05) is 36.2 Å². The fourth-order valence-electron chi connectivity index (χ4n) is 5.15. The molecule has 0 spiro atoms. The first kappa shape index (κ1) is 20.7. The molecular formula is C26H32FN3O. The van der Waals surface area contributed by atoms with Gasteiger partial charge in [-0.05, 0) is 55.0 Å². The minimum atomic E-state index is -0.175. The maximum Gasteiger partial charge on any atom is 0.236 e. The molecule has 1 aliphatic carbocycles. The van der Waals surface area contributed by atoms with Gasteiger partial charge in [-0.15, -0.1) is 0 Å². The number of fused-ring (bicyclic) bond motifs is 1. The van der Waals surface area contributed by atoms with Gasteiger partial charge in [0.1, 0.15) is 5.82 Å². The molecule has 0 bridgehead atoms. The van der Waals surface area contributed by atoms with Crippen LogP contribution in [0.4, 0.5) is 4.39 Å². The zero-order valence-corrected chi connectivity index (χ0v) is 18.4. The molecule has 164 valence electrons. The molecule has 2 aromatic rings. The number of piperazine rings is 1. The highest BCUT2D eigenvalue weighted by molar-refractivity contribution is 5.78. The van der Waals surface area contributed by atoms with E-state index in [4.69, 9.17) is 0 Å². The smallest absolute Gasteiger partial charge is 0.236 e. The molecule has 5 rings (SSSR count). The summed E-state index contributed by atoms with van der Waals surface area (Å²) in [5.41, 5.74) is 5.20. The molecule has 5 heteroatoms. The molecule has 0 atom stereocenters. The SMILES string of the molecule is Cc1ccc(F)c(-c2ccc3c(c2)CCN(CC(=O)N2CCN(C4CCC4)CC2)C3)c1. The van der Waals surface area contributed by atoms with Crippen LogP contribution in [0.15, 0.2) is 36.4 Å². The Morgan fingerprint density at radius 3 is 2.55 bits per heavy atom. The van der Waals surface area contributed by atoms with Gasteiger partial charge in [0.25, 0.3) is 0 Å². The van der Waals surface area contributed by atoms with E-state index in [1.54, 1.807) is 12.1 Å². The summed E-state index contributed by atoms with van der Waals surface area (Å²) in [5, 5.41) is 0. The molecule has 2 aromatic carbocycles. The molecule has 31 heavy (non-hydrogen) atoms. The van der Waals surface area contributed by atoms with Crippen molar-refractivity contribution in [3.8, 4) is 11.1 Å². The molecule has 1 saturated carbocycles. The third-order valence-electron chi connectivity index (χ3n) is 7.35. The van der Waals surface area contributed by atoms with Gasteiger partial charge in [0, 0.05) is 50.9 Å². The topological polar surface area (TPSA) is 26.8 Å². The lowest BCUT2D eigenvalue weighted by Crippen LogP contribution is -2.55. The summed E-state index contributed by atoms with van der Waals surface area (Å²) in [7, 11) is 0. The van der Waals surface area contributed by atoms with Crippen LogP contribution in [0.1, 0.15) is 36.0 Å². The lowest BCUT2D eigenvalue weighted by atomic mass is 9.91. The third kappa shape index (κ3) is 4.39. The van der Waals surface area contributed by atoms with Gasteiger partial charge < -0.3 is 4.90 Å². The average molecular weight is 422 g/mol. The molecule has 0 radical (unpaired) electrons. The maximum absolute atomic E-state index is 14.3. The Morgan fingerprint density at radius 1 is 1.00 bits per heavy atom. The van der Waals surface area contributed by atoms with E-state index in [-0.39, 0.29) is 11.7 Å². The lowest BCUT2D eigenvalue weighted by Gasteiger charge is -2.43. The van der Waals surface area contributed by atoms with Crippen LogP contribution >= 0.6 is 0 Å². The molecule has 0 N–H and O–H groups in total. The summed E-state index contributed by atoms with van der Waals surface area (Å²) in [5.74, 6) is 0.0844. The van der Waals surface area contributed by atoms with E-state index >= 15 is 0 Å². The summed E-state index contributed by atoms with van der Waals surface area (Å²) in [4.78, 5) is 19.7. The maximum atomic E-state index is 14.3. The number of carbonyl (C=O) groups is 1. The predicted octanol–water partition coefficient (Wildman–Crippen LogP) is 3.86. The van der Waals surface area contributed by atoms with E-state index in [1.807, 2.05) is 24.0 Å². The number of aryl methyl sites for hydroxylation is 1. The Labute approximate surface area is 184 Å². The summed E-state index contributed by atoms with van der Waals surface area (Å²) in [6.07, 6.45) is 4.93. The molecule has 3 aliphatic rings. The van der Waals surface area contributed by atoms with Crippen molar-refractivity contribution >= 4 is 5.91 Å². The first-order chi connectivity index (χ1) is 15.1. The second kappa shape index (κ2) is 8.71. The van der Waals surface area contributed by atoms with Crippen molar-refractivity contribution < 1.29 is 9.18 Å². The van der Waals surface area contributed by atoms with E-state index in [2.05, 4.69) is 21.9 Å². The monoisotopic (exact) mass is 421 g/mol. The summed E-state index contributed by atoms with van der Waals surface area (Å²) in [6, 6.07) is 12.3. The predicted molar refractivity (Wildman–Crippen MR) is 121 cm³/mol. The van der Waals surface area contributed by atoms with Crippen LogP contribution in [0.2, 0.25) is 0 Å². The number of benzene rings is 2. The van der Waals surface area contributed by atoms with Crippen LogP contribution in [0, 0.1) is 12.7 Å². The summed E-state index contributed by atoms with van der Waals surface area (Å²) < 4.78 is 14.3. The van der Waals surface area contributed by atoms with Crippen LogP contribution in [0.25, 0.3) is 11.1 Å². The molecule has 2 aliphatic heterocycles. The molecule has 1 amide bonds.